The number of amides is 1. The molecule has 136 valence electrons. The quantitative estimate of drug-likeness (QED) is 0.899. The molecule has 2 aromatic carbocycles. The Labute approximate surface area is 147 Å². The van der Waals surface area contributed by atoms with Gasteiger partial charge < -0.3 is 10.0 Å². The first-order chi connectivity index (χ1) is 12.3. The maximum absolute atomic E-state index is 12.8. The van der Waals surface area contributed by atoms with Crippen LogP contribution < -0.4 is 0 Å². The summed E-state index contributed by atoms with van der Waals surface area (Å²) in [6.45, 7) is 0.479. The number of halogens is 3. The molecule has 1 aliphatic heterocycles. The summed E-state index contributed by atoms with van der Waals surface area (Å²) in [7, 11) is 0. The van der Waals surface area contributed by atoms with Crippen molar-refractivity contribution in [2.75, 3.05) is 13.1 Å². The molecule has 0 aromatic heterocycles. The van der Waals surface area contributed by atoms with Crippen LogP contribution in [0, 0.1) is 5.92 Å². The number of carbonyl (C=O) groups is 2. The molecule has 1 N–H and O–H groups in total. The van der Waals surface area contributed by atoms with Gasteiger partial charge in [-0.3, -0.25) is 9.59 Å². The van der Waals surface area contributed by atoms with Crippen molar-refractivity contribution in [1.29, 1.82) is 0 Å². The van der Waals surface area contributed by atoms with Crippen molar-refractivity contribution >= 4 is 11.9 Å². The predicted octanol–water partition coefficient (Wildman–Crippen LogP) is 3.92. The zero-order chi connectivity index (χ0) is 18.9. The molecular weight excluding hydrogens is 347 g/mol. The fourth-order valence-electron chi connectivity index (χ4n) is 3.08. The summed E-state index contributed by atoms with van der Waals surface area (Å²) in [5.74, 6) is -1.84. The minimum atomic E-state index is -4.42. The van der Waals surface area contributed by atoms with E-state index in [1.807, 2.05) is 0 Å². The summed E-state index contributed by atoms with van der Waals surface area (Å²) >= 11 is 0. The maximum Gasteiger partial charge on any atom is 0.416 e. The summed E-state index contributed by atoms with van der Waals surface area (Å²) in [5.41, 5.74) is 0.605. The molecule has 0 aliphatic carbocycles. The van der Waals surface area contributed by atoms with Gasteiger partial charge in [-0.15, -0.1) is 0 Å². The van der Waals surface area contributed by atoms with Crippen LogP contribution in [0.4, 0.5) is 13.2 Å². The van der Waals surface area contributed by atoms with E-state index in [9.17, 15) is 22.8 Å². The first-order valence-electron chi connectivity index (χ1n) is 8.06. The molecule has 1 aliphatic rings. The van der Waals surface area contributed by atoms with Crippen molar-refractivity contribution < 1.29 is 27.9 Å². The van der Waals surface area contributed by atoms with Crippen LogP contribution in [0.3, 0.4) is 0 Å². The third-order valence-corrected chi connectivity index (χ3v) is 4.51. The molecule has 0 radical (unpaired) electrons. The van der Waals surface area contributed by atoms with E-state index in [-0.39, 0.29) is 12.5 Å². The third-order valence-electron chi connectivity index (χ3n) is 4.51. The Morgan fingerprint density at radius 1 is 1.04 bits per heavy atom. The van der Waals surface area contributed by atoms with Gasteiger partial charge in [0.2, 0.25) is 0 Å². The van der Waals surface area contributed by atoms with Crippen LogP contribution in [0.1, 0.15) is 22.3 Å². The number of carbonyl (C=O) groups excluding carboxylic acids is 1. The number of hydrogen-bond donors (Lipinski definition) is 1. The molecule has 0 bridgehead atoms. The molecule has 1 unspecified atom stereocenters. The van der Waals surface area contributed by atoms with Crippen molar-refractivity contribution in [3.05, 3.63) is 59.7 Å². The first-order valence-corrected chi connectivity index (χ1v) is 8.06. The monoisotopic (exact) mass is 363 g/mol. The predicted molar refractivity (Wildman–Crippen MR) is 88.5 cm³/mol. The van der Waals surface area contributed by atoms with Gasteiger partial charge in [-0.05, 0) is 35.7 Å². The Bertz CT molecular complexity index is 831. The number of benzene rings is 2. The lowest BCUT2D eigenvalue weighted by molar-refractivity contribution is -0.141. The van der Waals surface area contributed by atoms with E-state index in [0.717, 1.165) is 12.1 Å². The summed E-state index contributed by atoms with van der Waals surface area (Å²) in [5, 5.41) is 9.08. The number of alkyl halides is 3. The van der Waals surface area contributed by atoms with Crippen LogP contribution in [0.5, 0.6) is 0 Å². The molecule has 4 nitrogen and oxygen atoms in total. The second kappa shape index (κ2) is 6.82. The highest BCUT2D eigenvalue weighted by atomic mass is 19.4. The van der Waals surface area contributed by atoms with Crippen molar-refractivity contribution in [2.24, 2.45) is 5.92 Å². The van der Waals surface area contributed by atoms with E-state index in [2.05, 4.69) is 0 Å². The molecule has 0 spiro atoms. The smallest absolute Gasteiger partial charge is 0.416 e. The minimum absolute atomic E-state index is 0.134. The van der Waals surface area contributed by atoms with Gasteiger partial charge in [0, 0.05) is 18.7 Å². The Hall–Kier alpha value is -2.83. The normalized spacial score (nSPS) is 17.3. The SMILES string of the molecule is O=C(O)C1CCN(C(=O)c2ccccc2-c2ccc(C(F)(F)F)cc2)C1. The summed E-state index contributed by atoms with van der Waals surface area (Å²) < 4.78 is 38.2. The van der Waals surface area contributed by atoms with Crippen LogP contribution >= 0.6 is 0 Å². The van der Waals surface area contributed by atoms with E-state index in [4.69, 9.17) is 5.11 Å². The standard InChI is InChI=1S/C19H16F3NO3/c20-19(21,22)14-7-5-12(6-8-14)15-3-1-2-4-16(15)17(24)23-10-9-13(11-23)18(25)26/h1-8,13H,9-11H2,(H,25,26). The highest BCUT2D eigenvalue weighted by Crippen LogP contribution is 2.32. The molecule has 1 amide bonds. The summed E-state index contributed by atoms with van der Waals surface area (Å²) in [6.07, 6.45) is -4.03. The van der Waals surface area contributed by atoms with E-state index >= 15 is 0 Å². The molecule has 1 atom stereocenters. The number of carboxylic acids is 1. The summed E-state index contributed by atoms with van der Waals surface area (Å²) in [4.78, 5) is 25.3. The van der Waals surface area contributed by atoms with Gasteiger partial charge in [-0.2, -0.15) is 13.2 Å². The number of rotatable bonds is 3. The number of nitrogens with zero attached hydrogens (tertiary/aromatic N) is 1. The average Bonchev–Trinajstić information content (AvgIpc) is 3.11. The fourth-order valence-corrected chi connectivity index (χ4v) is 3.08. The van der Waals surface area contributed by atoms with Crippen LogP contribution in [0.25, 0.3) is 11.1 Å². The van der Waals surface area contributed by atoms with Gasteiger partial charge in [0.1, 0.15) is 0 Å². The Kier molecular flexibility index (Phi) is 4.71. The molecule has 2 aromatic rings. The topological polar surface area (TPSA) is 57.6 Å². The van der Waals surface area contributed by atoms with E-state index in [1.54, 1.807) is 24.3 Å². The summed E-state index contributed by atoms with van der Waals surface area (Å²) in [6, 6.07) is 11.3. The lowest BCUT2D eigenvalue weighted by Gasteiger charge is -2.18. The second-order valence-corrected chi connectivity index (χ2v) is 6.20. The largest absolute Gasteiger partial charge is 0.481 e. The molecule has 0 saturated carbocycles. The lowest BCUT2D eigenvalue weighted by Crippen LogP contribution is -2.30. The van der Waals surface area contributed by atoms with Crippen LogP contribution in [-0.4, -0.2) is 35.0 Å². The Morgan fingerprint density at radius 3 is 2.27 bits per heavy atom. The molecule has 26 heavy (non-hydrogen) atoms. The minimum Gasteiger partial charge on any atom is -0.481 e. The van der Waals surface area contributed by atoms with Crippen molar-refractivity contribution in [3.63, 3.8) is 0 Å². The average molecular weight is 363 g/mol. The van der Waals surface area contributed by atoms with Gasteiger partial charge in [0.15, 0.2) is 0 Å². The third kappa shape index (κ3) is 3.56. The zero-order valence-electron chi connectivity index (χ0n) is 13.7. The maximum atomic E-state index is 12.8. The van der Waals surface area contributed by atoms with Gasteiger partial charge in [0.25, 0.3) is 5.91 Å². The highest BCUT2D eigenvalue weighted by molar-refractivity contribution is 6.01. The van der Waals surface area contributed by atoms with Crippen molar-refractivity contribution in [3.8, 4) is 11.1 Å². The van der Waals surface area contributed by atoms with Gasteiger partial charge in [-0.25, -0.2) is 0 Å². The second-order valence-electron chi connectivity index (χ2n) is 6.20. The van der Waals surface area contributed by atoms with Crippen molar-refractivity contribution in [2.45, 2.75) is 12.6 Å². The number of carboxylic acid groups (broad SMARTS) is 1. The number of hydrogen-bond acceptors (Lipinski definition) is 2. The molecular formula is C19H16F3NO3. The number of likely N-dealkylation sites (tertiary alicyclic amines) is 1. The highest BCUT2D eigenvalue weighted by Gasteiger charge is 2.32. The fraction of sp³-hybridized carbons (Fsp3) is 0.263. The molecule has 1 fully saturated rings. The van der Waals surface area contributed by atoms with Gasteiger partial charge in [0.05, 0.1) is 11.5 Å². The Morgan fingerprint density at radius 2 is 1.69 bits per heavy atom. The molecule has 1 saturated heterocycles. The van der Waals surface area contributed by atoms with Crippen LogP contribution in [-0.2, 0) is 11.0 Å². The van der Waals surface area contributed by atoms with Crippen molar-refractivity contribution in [1.82, 2.24) is 4.90 Å². The lowest BCUT2D eigenvalue weighted by atomic mass is 9.98. The van der Waals surface area contributed by atoms with Gasteiger partial charge in [-0.1, -0.05) is 30.3 Å². The zero-order valence-corrected chi connectivity index (χ0v) is 13.7. The number of aliphatic carboxylic acids is 1. The van der Waals surface area contributed by atoms with Crippen LogP contribution in [0.2, 0.25) is 0 Å². The van der Waals surface area contributed by atoms with E-state index < -0.39 is 23.6 Å². The van der Waals surface area contributed by atoms with E-state index in [1.165, 1.54) is 17.0 Å². The molecule has 7 heteroatoms. The molecule has 1 heterocycles. The van der Waals surface area contributed by atoms with E-state index in [0.29, 0.717) is 29.7 Å². The Balaban J connectivity index is 1.89. The van der Waals surface area contributed by atoms with Crippen LogP contribution in [0.15, 0.2) is 48.5 Å². The molecule has 3 rings (SSSR count). The van der Waals surface area contributed by atoms with Gasteiger partial charge >= 0.3 is 12.1 Å². The first kappa shape index (κ1) is 18.0.